The van der Waals surface area contributed by atoms with Crippen molar-refractivity contribution in [2.45, 2.75) is 45.6 Å². The molecule has 0 aromatic heterocycles. The third kappa shape index (κ3) is 3.08. The van der Waals surface area contributed by atoms with Gasteiger partial charge in [0.15, 0.2) is 0 Å². The second-order valence-corrected chi connectivity index (χ2v) is 6.84. The molecule has 1 fully saturated rings. The minimum atomic E-state index is 0.532. The molecule has 2 heteroatoms. The molecule has 18 heavy (non-hydrogen) atoms. The van der Waals surface area contributed by atoms with E-state index in [4.69, 9.17) is 0 Å². The zero-order valence-electron chi connectivity index (χ0n) is 11.7. The van der Waals surface area contributed by atoms with E-state index in [1.807, 2.05) is 0 Å². The summed E-state index contributed by atoms with van der Waals surface area (Å²) in [5, 5.41) is 3.57. The number of hydrogen-bond acceptors (Lipinski definition) is 1. The van der Waals surface area contributed by atoms with Gasteiger partial charge in [0.2, 0.25) is 0 Å². The van der Waals surface area contributed by atoms with Crippen molar-refractivity contribution < 1.29 is 0 Å². The highest BCUT2D eigenvalue weighted by atomic mass is 127. The van der Waals surface area contributed by atoms with E-state index in [0.29, 0.717) is 6.04 Å². The number of halogens is 1. The van der Waals surface area contributed by atoms with Crippen LogP contribution in [0.4, 0.5) is 0 Å². The lowest BCUT2D eigenvalue weighted by Gasteiger charge is -2.33. The molecule has 2 rings (SSSR count). The molecular weight excluding hydrogens is 333 g/mol. The minimum Gasteiger partial charge on any atom is -0.313 e. The van der Waals surface area contributed by atoms with E-state index >= 15 is 0 Å². The fourth-order valence-corrected chi connectivity index (χ4v) is 3.87. The summed E-state index contributed by atoms with van der Waals surface area (Å²) in [7, 11) is 2.11. The molecule has 0 radical (unpaired) electrons. The second kappa shape index (κ2) is 6.38. The first-order valence-corrected chi connectivity index (χ1v) is 8.13. The van der Waals surface area contributed by atoms with Crippen molar-refractivity contribution in [1.82, 2.24) is 5.32 Å². The molecule has 0 amide bonds. The van der Waals surface area contributed by atoms with Crippen LogP contribution in [0.25, 0.3) is 0 Å². The normalized spacial score (nSPS) is 26.0. The summed E-state index contributed by atoms with van der Waals surface area (Å²) in [6.45, 7) is 4.60. The molecule has 1 nitrogen and oxygen atoms in total. The van der Waals surface area contributed by atoms with Crippen molar-refractivity contribution in [2.24, 2.45) is 11.8 Å². The average Bonchev–Trinajstić information content (AvgIpc) is 2.37. The summed E-state index contributed by atoms with van der Waals surface area (Å²) in [5.74, 6) is 1.73. The van der Waals surface area contributed by atoms with Crippen LogP contribution in [0.2, 0.25) is 0 Å². The highest BCUT2D eigenvalue weighted by molar-refractivity contribution is 14.1. The highest BCUT2D eigenvalue weighted by Gasteiger charge is 2.27. The van der Waals surface area contributed by atoms with Gasteiger partial charge in [-0.3, -0.25) is 0 Å². The predicted octanol–water partition coefficient (Wildman–Crippen LogP) is 4.69. The third-order valence-corrected chi connectivity index (χ3v) is 5.87. The molecule has 1 aliphatic rings. The van der Waals surface area contributed by atoms with E-state index in [9.17, 15) is 0 Å². The summed E-state index contributed by atoms with van der Waals surface area (Å²) in [6, 6.07) is 7.24. The first-order chi connectivity index (χ1) is 8.63. The van der Waals surface area contributed by atoms with Crippen LogP contribution in [-0.4, -0.2) is 7.05 Å². The van der Waals surface area contributed by atoms with E-state index in [-0.39, 0.29) is 0 Å². The Morgan fingerprint density at radius 1 is 1.22 bits per heavy atom. The monoisotopic (exact) mass is 357 g/mol. The maximum absolute atomic E-state index is 3.57. The molecule has 1 unspecified atom stereocenters. The highest BCUT2D eigenvalue weighted by Crippen LogP contribution is 2.38. The van der Waals surface area contributed by atoms with Crippen molar-refractivity contribution >= 4 is 22.6 Å². The first kappa shape index (κ1) is 14.3. The largest absolute Gasteiger partial charge is 0.313 e. The summed E-state index contributed by atoms with van der Waals surface area (Å²) in [5.41, 5.74) is 2.90. The molecule has 0 heterocycles. The molecule has 1 N–H and O–H groups in total. The molecule has 0 bridgehead atoms. The Morgan fingerprint density at radius 3 is 2.50 bits per heavy atom. The topological polar surface area (TPSA) is 12.0 Å². The quantitative estimate of drug-likeness (QED) is 0.774. The number of rotatable bonds is 3. The standard InChI is InChI=1S/C16H24IN/c1-11-7-9-13(10-8-11)16(18-3)14-6-4-5-12(2)15(14)17/h4-6,11,13,16,18H,7-10H2,1-3H3. The molecule has 0 aliphatic heterocycles. The van der Waals surface area contributed by atoms with E-state index in [2.05, 4.69) is 67.0 Å². The van der Waals surface area contributed by atoms with Crippen LogP contribution < -0.4 is 5.32 Å². The van der Waals surface area contributed by atoms with E-state index in [0.717, 1.165) is 11.8 Å². The van der Waals surface area contributed by atoms with Gasteiger partial charge in [0, 0.05) is 9.61 Å². The molecule has 0 saturated heterocycles. The van der Waals surface area contributed by atoms with Gasteiger partial charge in [0.25, 0.3) is 0 Å². The van der Waals surface area contributed by atoms with Crippen LogP contribution >= 0.6 is 22.6 Å². The first-order valence-electron chi connectivity index (χ1n) is 7.05. The average molecular weight is 357 g/mol. The fourth-order valence-electron chi connectivity index (χ4n) is 3.17. The van der Waals surface area contributed by atoms with Gasteiger partial charge >= 0.3 is 0 Å². The van der Waals surface area contributed by atoms with E-state index in [1.165, 1.54) is 40.4 Å². The lowest BCUT2D eigenvalue weighted by atomic mass is 9.77. The Bertz CT molecular complexity index is 394. The smallest absolute Gasteiger partial charge is 0.0356 e. The SMILES string of the molecule is CNC(c1cccc(C)c1I)C1CCC(C)CC1. The Hall–Kier alpha value is -0.0900. The molecule has 100 valence electrons. The zero-order valence-corrected chi connectivity index (χ0v) is 13.8. The van der Waals surface area contributed by atoms with Crippen LogP contribution in [0.5, 0.6) is 0 Å². The van der Waals surface area contributed by atoms with Crippen LogP contribution in [0.3, 0.4) is 0 Å². The zero-order chi connectivity index (χ0) is 13.1. The van der Waals surface area contributed by atoms with Crippen molar-refractivity contribution in [3.05, 3.63) is 32.9 Å². The number of benzene rings is 1. The van der Waals surface area contributed by atoms with Gasteiger partial charge in [-0.15, -0.1) is 0 Å². The summed E-state index contributed by atoms with van der Waals surface area (Å²) < 4.78 is 1.44. The molecule has 1 saturated carbocycles. The van der Waals surface area contributed by atoms with Gasteiger partial charge in [-0.25, -0.2) is 0 Å². The van der Waals surface area contributed by atoms with Crippen LogP contribution in [0, 0.1) is 22.3 Å². The van der Waals surface area contributed by atoms with Crippen LogP contribution in [0.1, 0.15) is 49.8 Å². The van der Waals surface area contributed by atoms with Gasteiger partial charge < -0.3 is 5.32 Å². The molecule has 1 aromatic rings. The molecule has 1 aromatic carbocycles. The maximum atomic E-state index is 3.57. The van der Waals surface area contributed by atoms with Crippen LogP contribution in [0.15, 0.2) is 18.2 Å². The third-order valence-electron chi connectivity index (χ3n) is 4.40. The number of nitrogens with one attached hydrogen (secondary N) is 1. The minimum absolute atomic E-state index is 0.532. The summed E-state index contributed by atoms with van der Waals surface area (Å²) >= 11 is 2.50. The summed E-state index contributed by atoms with van der Waals surface area (Å²) in [4.78, 5) is 0. The molecular formula is C16H24IN. The predicted molar refractivity (Wildman–Crippen MR) is 86.8 cm³/mol. The van der Waals surface area contributed by atoms with Crippen LogP contribution in [-0.2, 0) is 0 Å². The van der Waals surface area contributed by atoms with E-state index in [1.54, 1.807) is 0 Å². The van der Waals surface area contributed by atoms with Gasteiger partial charge in [-0.05, 0) is 72.4 Å². The van der Waals surface area contributed by atoms with Gasteiger partial charge in [-0.1, -0.05) is 38.0 Å². The Labute approximate surface area is 125 Å². The molecule has 1 atom stereocenters. The van der Waals surface area contributed by atoms with Crippen molar-refractivity contribution in [3.63, 3.8) is 0 Å². The number of hydrogen-bond donors (Lipinski definition) is 1. The van der Waals surface area contributed by atoms with Gasteiger partial charge in [0.1, 0.15) is 0 Å². The Kier molecular flexibility index (Phi) is 5.07. The van der Waals surface area contributed by atoms with Gasteiger partial charge in [0.05, 0.1) is 0 Å². The van der Waals surface area contributed by atoms with E-state index < -0.39 is 0 Å². The Balaban J connectivity index is 2.20. The van der Waals surface area contributed by atoms with Crippen molar-refractivity contribution in [2.75, 3.05) is 7.05 Å². The van der Waals surface area contributed by atoms with Crippen molar-refractivity contribution in [1.29, 1.82) is 0 Å². The lowest BCUT2D eigenvalue weighted by Crippen LogP contribution is -2.29. The fraction of sp³-hybridized carbons (Fsp3) is 0.625. The van der Waals surface area contributed by atoms with Gasteiger partial charge in [-0.2, -0.15) is 0 Å². The summed E-state index contributed by atoms with van der Waals surface area (Å²) in [6.07, 6.45) is 5.53. The molecule has 1 aliphatic carbocycles. The Morgan fingerprint density at radius 2 is 1.89 bits per heavy atom. The maximum Gasteiger partial charge on any atom is 0.0356 e. The second-order valence-electron chi connectivity index (χ2n) is 5.76. The number of aryl methyl sites for hydroxylation is 1. The lowest BCUT2D eigenvalue weighted by molar-refractivity contribution is 0.237. The van der Waals surface area contributed by atoms with Crippen molar-refractivity contribution in [3.8, 4) is 0 Å². The molecule has 0 spiro atoms.